The zero-order chi connectivity index (χ0) is 8.97. The van der Waals surface area contributed by atoms with Crippen molar-refractivity contribution in [3.63, 3.8) is 0 Å². The van der Waals surface area contributed by atoms with E-state index in [-0.39, 0.29) is 0 Å². The predicted molar refractivity (Wildman–Crippen MR) is 51.0 cm³/mol. The summed E-state index contributed by atoms with van der Waals surface area (Å²) in [6, 6.07) is 0.623. The summed E-state index contributed by atoms with van der Waals surface area (Å²) >= 11 is 0. The molecule has 1 rings (SSSR count). The lowest BCUT2D eigenvalue weighted by Gasteiger charge is -2.21. The summed E-state index contributed by atoms with van der Waals surface area (Å²) in [6.07, 6.45) is 8.31. The highest BCUT2D eigenvalue weighted by molar-refractivity contribution is 4.81. The van der Waals surface area contributed by atoms with Crippen LogP contribution in [0.5, 0.6) is 0 Å². The first-order valence-corrected chi connectivity index (χ1v) is 4.73. The molecule has 1 aromatic rings. The second kappa shape index (κ2) is 4.29. The molecule has 1 atom stereocenters. The van der Waals surface area contributed by atoms with Gasteiger partial charge in [0.25, 0.3) is 0 Å². The van der Waals surface area contributed by atoms with Gasteiger partial charge in [0.2, 0.25) is 0 Å². The molecule has 0 aromatic carbocycles. The molecule has 0 aliphatic carbocycles. The molecule has 0 saturated heterocycles. The van der Waals surface area contributed by atoms with E-state index in [2.05, 4.69) is 36.5 Å². The Balaban J connectivity index is 2.66. The molecule has 0 bridgehead atoms. The van der Waals surface area contributed by atoms with E-state index in [1.165, 1.54) is 12.8 Å². The maximum absolute atomic E-state index is 4.07. The van der Waals surface area contributed by atoms with Crippen molar-refractivity contribution in [1.29, 1.82) is 0 Å². The zero-order valence-corrected chi connectivity index (χ0v) is 8.20. The summed E-state index contributed by atoms with van der Waals surface area (Å²) in [5.41, 5.74) is 0. The van der Waals surface area contributed by atoms with Gasteiger partial charge in [-0.3, -0.25) is 0 Å². The summed E-state index contributed by atoms with van der Waals surface area (Å²) in [7, 11) is 0. The van der Waals surface area contributed by atoms with Crippen molar-refractivity contribution in [3.8, 4) is 0 Å². The summed E-state index contributed by atoms with van der Waals surface area (Å²) in [5, 5.41) is 0. The van der Waals surface area contributed by atoms with Crippen LogP contribution in [0, 0.1) is 5.92 Å². The molecule has 1 aromatic heterocycles. The van der Waals surface area contributed by atoms with Gasteiger partial charge < -0.3 is 4.57 Å². The van der Waals surface area contributed by atoms with Gasteiger partial charge in [-0.1, -0.05) is 27.2 Å². The average Bonchev–Trinajstić information content (AvgIpc) is 2.51. The Morgan fingerprint density at radius 1 is 1.42 bits per heavy atom. The van der Waals surface area contributed by atoms with Crippen LogP contribution in [0.2, 0.25) is 0 Å². The van der Waals surface area contributed by atoms with Crippen molar-refractivity contribution in [2.75, 3.05) is 0 Å². The number of nitrogens with zero attached hydrogens (tertiary/aromatic N) is 2. The minimum Gasteiger partial charge on any atom is -0.334 e. The summed E-state index contributed by atoms with van der Waals surface area (Å²) < 4.78 is 2.22. The normalized spacial score (nSPS) is 13.7. The van der Waals surface area contributed by atoms with Gasteiger partial charge in [0.1, 0.15) is 0 Å². The third kappa shape index (κ3) is 2.10. The van der Waals surface area contributed by atoms with Gasteiger partial charge in [-0.25, -0.2) is 4.98 Å². The number of aromatic nitrogens is 2. The fraction of sp³-hybridized carbons (Fsp3) is 0.700. The number of rotatable bonds is 4. The molecule has 68 valence electrons. The number of hydrogen-bond acceptors (Lipinski definition) is 1. The molecule has 0 fully saturated rings. The molecule has 0 N–H and O–H groups in total. The molecule has 0 aliphatic rings. The van der Waals surface area contributed by atoms with Crippen LogP contribution in [-0.2, 0) is 0 Å². The SMILES string of the molecule is CCCC(C(C)C)n1ccnc1. The Morgan fingerprint density at radius 3 is 2.58 bits per heavy atom. The molecule has 0 saturated carbocycles. The van der Waals surface area contributed by atoms with E-state index in [0.29, 0.717) is 12.0 Å². The van der Waals surface area contributed by atoms with Crippen LogP contribution in [0.25, 0.3) is 0 Å². The first-order chi connectivity index (χ1) is 5.75. The minimum absolute atomic E-state index is 0.623. The van der Waals surface area contributed by atoms with Crippen molar-refractivity contribution < 1.29 is 0 Å². The Bertz CT molecular complexity index is 202. The molecule has 0 amide bonds. The van der Waals surface area contributed by atoms with Crippen LogP contribution in [0.4, 0.5) is 0 Å². The third-order valence-corrected chi connectivity index (χ3v) is 2.26. The van der Waals surface area contributed by atoms with Gasteiger partial charge in [0, 0.05) is 18.4 Å². The minimum atomic E-state index is 0.623. The average molecular weight is 166 g/mol. The van der Waals surface area contributed by atoms with E-state index >= 15 is 0 Å². The molecular weight excluding hydrogens is 148 g/mol. The van der Waals surface area contributed by atoms with Crippen molar-refractivity contribution in [2.45, 2.75) is 39.7 Å². The molecule has 0 aliphatic heterocycles. The van der Waals surface area contributed by atoms with Crippen LogP contribution in [0.15, 0.2) is 18.7 Å². The molecule has 2 heteroatoms. The van der Waals surface area contributed by atoms with Crippen molar-refractivity contribution in [3.05, 3.63) is 18.7 Å². The standard InChI is InChI=1S/C10H18N2/c1-4-5-10(9(2)3)12-7-6-11-8-12/h6-10H,4-5H2,1-3H3. The van der Waals surface area contributed by atoms with Crippen LogP contribution >= 0.6 is 0 Å². The Hall–Kier alpha value is -0.790. The van der Waals surface area contributed by atoms with Crippen LogP contribution in [-0.4, -0.2) is 9.55 Å². The highest BCUT2D eigenvalue weighted by Gasteiger charge is 2.12. The van der Waals surface area contributed by atoms with Crippen LogP contribution < -0.4 is 0 Å². The Kier molecular flexibility index (Phi) is 3.32. The van der Waals surface area contributed by atoms with E-state index in [9.17, 15) is 0 Å². The smallest absolute Gasteiger partial charge is 0.0948 e. The van der Waals surface area contributed by atoms with Crippen LogP contribution in [0.1, 0.15) is 39.7 Å². The van der Waals surface area contributed by atoms with Gasteiger partial charge >= 0.3 is 0 Å². The first-order valence-electron chi connectivity index (χ1n) is 4.73. The molecule has 1 unspecified atom stereocenters. The second-order valence-electron chi connectivity index (χ2n) is 3.61. The fourth-order valence-corrected chi connectivity index (χ4v) is 1.59. The topological polar surface area (TPSA) is 17.8 Å². The second-order valence-corrected chi connectivity index (χ2v) is 3.61. The van der Waals surface area contributed by atoms with Gasteiger partial charge in [0.15, 0.2) is 0 Å². The molecule has 12 heavy (non-hydrogen) atoms. The monoisotopic (exact) mass is 166 g/mol. The van der Waals surface area contributed by atoms with Crippen molar-refractivity contribution in [1.82, 2.24) is 9.55 Å². The highest BCUT2D eigenvalue weighted by Crippen LogP contribution is 2.22. The largest absolute Gasteiger partial charge is 0.334 e. The highest BCUT2D eigenvalue weighted by atomic mass is 15.1. The molecule has 2 nitrogen and oxygen atoms in total. The van der Waals surface area contributed by atoms with E-state index < -0.39 is 0 Å². The lowest BCUT2D eigenvalue weighted by atomic mass is 10.00. The Morgan fingerprint density at radius 2 is 2.17 bits per heavy atom. The number of imidazole rings is 1. The van der Waals surface area contributed by atoms with E-state index in [1.54, 1.807) is 0 Å². The van der Waals surface area contributed by atoms with E-state index in [4.69, 9.17) is 0 Å². The maximum atomic E-state index is 4.07. The summed E-state index contributed by atoms with van der Waals surface area (Å²) in [5.74, 6) is 0.694. The van der Waals surface area contributed by atoms with Gasteiger partial charge in [-0.15, -0.1) is 0 Å². The van der Waals surface area contributed by atoms with E-state index in [0.717, 1.165) is 0 Å². The van der Waals surface area contributed by atoms with Crippen molar-refractivity contribution in [2.24, 2.45) is 5.92 Å². The first kappa shape index (κ1) is 9.30. The molecule has 0 spiro atoms. The van der Waals surface area contributed by atoms with Crippen molar-refractivity contribution >= 4 is 0 Å². The zero-order valence-electron chi connectivity index (χ0n) is 8.20. The molecule has 0 radical (unpaired) electrons. The van der Waals surface area contributed by atoms with Crippen LogP contribution in [0.3, 0.4) is 0 Å². The maximum Gasteiger partial charge on any atom is 0.0948 e. The number of hydrogen-bond donors (Lipinski definition) is 0. The molecule has 1 heterocycles. The lowest BCUT2D eigenvalue weighted by Crippen LogP contribution is -2.13. The lowest BCUT2D eigenvalue weighted by molar-refractivity contribution is 0.350. The fourth-order valence-electron chi connectivity index (χ4n) is 1.59. The Labute approximate surface area is 74.6 Å². The van der Waals surface area contributed by atoms with Gasteiger partial charge in [0.05, 0.1) is 6.33 Å². The summed E-state index contributed by atoms with van der Waals surface area (Å²) in [6.45, 7) is 6.76. The summed E-state index contributed by atoms with van der Waals surface area (Å²) in [4.78, 5) is 4.07. The predicted octanol–water partition coefficient (Wildman–Crippen LogP) is 2.88. The van der Waals surface area contributed by atoms with Gasteiger partial charge in [-0.2, -0.15) is 0 Å². The van der Waals surface area contributed by atoms with Gasteiger partial charge in [-0.05, 0) is 12.3 Å². The molecular formula is C10H18N2. The quantitative estimate of drug-likeness (QED) is 0.672. The third-order valence-electron chi connectivity index (χ3n) is 2.26. The van der Waals surface area contributed by atoms with E-state index in [1.807, 2.05) is 12.5 Å².